The third-order valence-corrected chi connectivity index (χ3v) is 4.52. The highest BCUT2D eigenvalue weighted by Gasteiger charge is 2.35. The normalized spacial score (nSPS) is 17.0. The number of hydrogen-bond acceptors (Lipinski definition) is 4. The number of nitrogens with one attached hydrogen (secondary N) is 3. The Kier molecular flexibility index (Phi) is 6.10. The van der Waals surface area contributed by atoms with Crippen LogP contribution in [-0.2, 0) is 4.74 Å². The number of fused-ring (bicyclic) bond motifs is 1. The van der Waals surface area contributed by atoms with Crippen molar-refractivity contribution in [3.05, 3.63) is 53.8 Å². The van der Waals surface area contributed by atoms with Crippen molar-refractivity contribution in [3.63, 3.8) is 0 Å². The van der Waals surface area contributed by atoms with Gasteiger partial charge in [-0.25, -0.2) is 14.0 Å². The average Bonchev–Trinajstić information content (AvgIpc) is 2.62. The van der Waals surface area contributed by atoms with Gasteiger partial charge in [0.05, 0.1) is 6.04 Å². The van der Waals surface area contributed by atoms with Crippen LogP contribution in [0.15, 0.2) is 42.5 Å². The van der Waals surface area contributed by atoms with Crippen LogP contribution >= 0.6 is 0 Å². The van der Waals surface area contributed by atoms with Crippen LogP contribution in [0.1, 0.15) is 52.6 Å². The molecular formula is C23H28FN3O4. The molecule has 0 spiro atoms. The molecule has 8 heteroatoms. The van der Waals surface area contributed by atoms with Crippen molar-refractivity contribution in [3.8, 4) is 5.75 Å². The third kappa shape index (κ3) is 6.34. The SMILES string of the molecule is CC(C)(C)OC(=O)Nc1ccc2c(c1)[C@@H](NC(=O)Nc1ccc(F)cc1)CC(C)(C)O2. The Balaban J connectivity index is 1.77. The average molecular weight is 429 g/mol. The van der Waals surface area contributed by atoms with E-state index in [1.807, 2.05) is 13.8 Å². The second-order valence-corrected chi connectivity index (χ2v) is 9.10. The molecule has 1 atom stereocenters. The Hall–Kier alpha value is -3.29. The van der Waals surface area contributed by atoms with Crippen molar-refractivity contribution in [2.24, 2.45) is 0 Å². The summed E-state index contributed by atoms with van der Waals surface area (Å²) in [7, 11) is 0. The first-order chi connectivity index (χ1) is 14.4. The van der Waals surface area contributed by atoms with E-state index in [1.54, 1.807) is 39.0 Å². The molecule has 0 aliphatic carbocycles. The van der Waals surface area contributed by atoms with Gasteiger partial charge in [-0.2, -0.15) is 0 Å². The topological polar surface area (TPSA) is 88.7 Å². The summed E-state index contributed by atoms with van der Waals surface area (Å²) in [5.41, 5.74) is 0.629. The fourth-order valence-electron chi connectivity index (χ4n) is 3.34. The lowest BCUT2D eigenvalue weighted by Gasteiger charge is -2.38. The number of ether oxygens (including phenoxy) is 2. The molecule has 0 unspecified atom stereocenters. The van der Waals surface area contributed by atoms with Crippen molar-refractivity contribution < 1.29 is 23.5 Å². The van der Waals surface area contributed by atoms with Crippen LogP contribution in [0.25, 0.3) is 0 Å². The highest BCUT2D eigenvalue weighted by Crippen LogP contribution is 2.40. The van der Waals surface area contributed by atoms with Gasteiger partial charge in [0.15, 0.2) is 0 Å². The van der Waals surface area contributed by atoms with E-state index in [9.17, 15) is 14.0 Å². The predicted molar refractivity (Wildman–Crippen MR) is 117 cm³/mol. The standard InChI is InChI=1S/C23H28FN3O4/c1-22(2,3)31-21(29)26-16-10-11-19-17(12-16)18(13-23(4,5)30-19)27-20(28)25-15-8-6-14(24)7-9-15/h6-12,18H,13H2,1-5H3,(H,26,29)(H2,25,27,28)/t18-/m0/s1. The molecule has 0 fully saturated rings. The number of anilines is 2. The second kappa shape index (κ2) is 8.45. The van der Waals surface area contributed by atoms with Crippen molar-refractivity contribution in [1.29, 1.82) is 0 Å². The minimum atomic E-state index is -0.617. The largest absolute Gasteiger partial charge is 0.487 e. The first-order valence-electron chi connectivity index (χ1n) is 10.1. The molecule has 1 heterocycles. The van der Waals surface area contributed by atoms with E-state index in [0.29, 0.717) is 23.5 Å². The molecular weight excluding hydrogens is 401 g/mol. The van der Waals surface area contributed by atoms with E-state index in [-0.39, 0.29) is 11.9 Å². The van der Waals surface area contributed by atoms with Gasteiger partial charge in [0.1, 0.15) is 22.8 Å². The van der Waals surface area contributed by atoms with Gasteiger partial charge in [0.2, 0.25) is 0 Å². The molecule has 1 aliphatic heterocycles. The predicted octanol–water partition coefficient (Wildman–Crippen LogP) is 5.60. The van der Waals surface area contributed by atoms with Crippen LogP contribution in [-0.4, -0.2) is 23.3 Å². The smallest absolute Gasteiger partial charge is 0.412 e. The van der Waals surface area contributed by atoms with Gasteiger partial charge in [-0.3, -0.25) is 5.32 Å². The number of amides is 3. The molecule has 0 aromatic heterocycles. The van der Waals surface area contributed by atoms with E-state index in [2.05, 4.69) is 16.0 Å². The van der Waals surface area contributed by atoms with Crippen molar-refractivity contribution >= 4 is 23.5 Å². The van der Waals surface area contributed by atoms with Crippen molar-refractivity contribution in [1.82, 2.24) is 5.32 Å². The Morgan fingerprint density at radius 1 is 1.06 bits per heavy atom. The fourth-order valence-corrected chi connectivity index (χ4v) is 3.34. The lowest BCUT2D eigenvalue weighted by atomic mass is 9.89. The summed E-state index contributed by atoms with van der Waals surface area (Å²) in [6.45, 7) is 9.24. The number of urea groups is 1. The zero-order valence-corrected chi connectivity index (χ0v) is 18.3. The molecule has 0 saturated carbocycles. The molecule has 0 saturated heterocycles. The Morgan fingerprint density at radius 2 is 1.71 bits per heavy atom. The number of halogens is 1. The van der Waals surface area contributed by atoms with Crippen molar-refractivity contribution in [2.45, 2.75) is 58.3 Å². The molecule has 3 amide bonds. The van der Waals surface area contributed by atoms with Gasteiger partial charge in [-0.1, -0.05) is 0 Å². The minimum Gasteiger partial charge on any atom is -0.487 e. The van der Waals surface area contributed by atoms with Gasteiger partial charge in [0.25, 0.3) is 0 Å². The summed E-state index contributed by atoms with van der Waals surface area (Å²) < 4.78 is 24.4. The van der Waals surface area contributed by atoms with Gasteiger partial charge in [0, 0.05) is 23.4 Å². The summed E-state index contributed by atoms with van der Waals surface area (Å²) >= 11 is 0. The van der Waals surface area contributed by atoms with Crippen LogP contribution < -0.4 is 20.7 Å². The Labute approximate surface area is 181 Å². The van der Waals surface area contributed by atoms with Crippen LogP contribution in [0.5, 0.6) is 5.75 Å². The fraction of sp³-hybridized carbons (Fsp3) is 0.391. The monoisotopic (exact) mass is 429 g/mol. The second-order valence-electron chi connectivity index (χ2n) is 9.10. The maximum absolute atomic E-state index is 13.1. The number of carbonyl (C=O) groups is 2. The van der Waals surface area contributed by atoms with Crippen LogP contribution in [0.2, 0.25) is 0 Å². The highest BCUT2D eigenvalue weighted by atomic mass is 19.1. The molecule has 1 aliphatic rings. The number of carbonyl (C=O) groups excluding carboxylic acids is 2. The molecule has 3 N–H and O–H groups in total. The first-order valence-corrected chi connectivity index (χ1v) is 10.1. The molecule has 31 heavy (non-hydrogen) atoms. The van der Waals surface area contributed by atoms with E-state index < -0.39 is 23.3 Å². The first kappa shape index (κ1) is 22.4. The molecule has 0 radical (unpaired) electrons. The van der Waals surface area contributed by atoms with Gasteiger partial charge in [-0.05, 0) is 77.1 Å². The van der Waals surface area contributed by atoms with E-state index >= 15 is 0 Å². The number of rotatable bonds is 3. The van der Waals surface area contributed by atoms with Gasteiger partial charge >= 0.3 is 12.1 Å². The minimum absolute atomic E-state index is 0.361. The molecule has 2 aromatic rings. The lowest BCUT2D eigenvalue weighted by molar-refractivity contribution is 0.0631. The lowest BCUT2D eigenvalue weighted by Crippen LogP contribution is -2.42. The van der Waals surface area contributed by atoms with E-state index in [4.69, 9.17) is 9.47 Å². The van der Waals surface area contributed by atoms with Crippen LogP contribution in [0.4, 0.5) is 25.4 Å². The van der Waals surface area contributed by atoms with Crippen LogP contribution in [0.3, 0.4) is 0 Å². The maximum atomic E-state index is 13.1. The molecule has 0 bridgehead atoms. The molecule has 7 nitrogen and oxygen atoms in total. The summed E-state index contributed by atoms with van der Waals surface area (Å²) in [5, 5.41) is 8.35. The van der Waals surface area contributed by atoms with Gasteiger partial charge < -0.3 is 20.1 Å². The quantitative estimate of drug-likeness (QED) is 0.593. The third-order valence-electron chi connectivity index (χ3n) is 4.52. The molecule has 2 aromatic carbocycles. The zero-order valence-electron chi connectivity index (χ0n) is 18.3. The zero-order chi connectivity index (χ0) is 22.8. The summed E-state index contributed by atoms with van der Waals surface area (Å²) in [6.07, 6.45) is -0.0460. The summed E-state index contributed by atoms with van der Waals surface area (Å²) in [4.78, 5) is 24.7. The number of hydrogen-bond donors (Lipinski definition) is 3. The maximum Gasteiger partial charge on any atom is 0.412 e. The van der Waals surface area contributed by atoms with Crippen molar-refractivity contribution in [2.75, 3.05) is 10.6 Å². The van der Waals surface area contributed by atoms with E-state index in [1.165, 1.54) is 24.3 Å². The highest BCUT2D eigenvalue weighted by molar-refractivity contribution is 5.89. The summed E-state index contributed by atoms with van der Waals surface area (Å²) in [6, 6.07) is 9.98. The Bertz CT molecular complexity index is 968. The van der Waals surface area contributed by atoms with E-state index in [0.717, 1.165) is 5.56 Å². The van der Waals surface area contributed by atoms with Crippen LogP contribution in [0, 0.1) is 5.82 Å². The Morgan fingerprint density at radius 3 is 2.35 bits per heavy atom. The number of benzene rings is 2. The molecule has 3 rings (SSSR count). The van der Waals surface area contributed by atoms with Gasteiger partial charge in [-0.15, -0.1) is 0 Å². The molecule has 166 valence electrons. The summed E-state index contributed by atoms with van der Waals surface area (Å²) in [5.74, 6) is 0.245.